The summed E-state index contributed by atoms with van der Waals surface area (Å²) in [7, 11) is 0. The maximum Gasteiger partial charge on any atom is 0.0619 e. The average molecular weight is 290 g/mol. The van der Waals surface area contributed by atoms with Crippen LogP contribution >= 0.6 is 12.4 Å². The predicted octanol–water partition coefficient (Wildman–Crippen LogP) is 4.48. The molecule has 0 spiro atoms. The summed E-state index contributed by atoms with van der Waals surface area (Å²) in [6, 6.07) is 0.634. The van der Waals surface area contributed by atoms with Crippen LogP contribution in [0.25, 0.3) is 0 Å². The molecule has 114 valence electrons. The van der Waals surface area contributed by atoms with E-state index in [9.17, 15) is 0 Å². The minimum atomic E-state index is 0. The Bertz CT molecular complexity index is 193. The van der Waals surface area contributed by atoms with Gasteiger partial charge in [0.15, 0.2) is 0 Å². The summed E-state index contributed by atoms with van der Waals surface area (Å²) < 4.78 is 5.70. The highest BCUT2D eigenvalue weighted by molar-refractivity contribution is 5.85. The molecule has 0 aliphatic carbocycles. The molecule has 0 aromatic rings. The van der Waals surface area contributed by atoms with Crippen molar-refractivity contribution in [2.45, 2.75) is 70.3 Å². The molecule has 1 N–H and O–H groups in total. The Kier molecular flexibility index (Phi) is 14.3. The van der Waals surface area contributed by atoms with Crippen LogP contribution in [0.5, 0.6) is 0 Å². The Morgan fingerprint density at radius 1 is 1.05 bits per heavy atom. The van der Waals surface area contributed by atoms with E-state index >= 15 is 0 Å². The topological polar surface area (TPSA) is 21.3 Å². The van der Waals surface area contributed by atoms with E-state index in [0.717, 1.165) is 13.2 Å². The standard InChI is InChI=1S/C16H31NO.ClH/c1-2-3-4-5-6-7-8-9-10-14-18-15-16-12-11-13-17-16;/h2,16-17H,1,3-15H2;1H/t16-;/m0./s1. The lowest BCUT2D eigenvalue weighted by Crippen LogP contribution is -2.26. The van der Waals surface area contributed by atoms with Crippen molar-refractivity contribution in [1.29, 1.82) is 0 Å². The van der Waals surface area contributed by atoms with Crippen molar-refractivity contribution < 1.29 is 4.74 Å². The molecule has 1 atom stereocenters. The van der Waals surface area contributed by atoms with Crippen molar-refractivity contribution in [3.63, 3.8) is 0 Å². The number of nitrogens with one attached hydrogen (secondary N) is 1. The van der Waals surface area contributed by atoms with Gasteiger partial charge in [-0.3, -0.25) is 0 Å². The molecule has 3 heteroatoms. The predicted molar refractivity (Wildman–Crippen MR) is 86.2 cm³/mol. The summed E-state index contributed by atoms with van der Waals surface area (Å²) in [5, 5.41) is 3.46. The molecule has 0 unspecified atom stereocenters. The van der Waals surface area contributed by atoms with E-state index in [1.54, 1.807) is 0 Å². The van der Waals surface area contributed by atoms with Crippen LogP contribution in [0.4, 0.5) is 0 Å². The third kappa shape index (κ3) is 11.5. The Balaban J connectivity index is 0.00000324. The van der Waals surface area contributed by atoms with Crippen molar-refractivity contribution in [2.75, 3.05) is 19.8 Å². The fourth-order valence-corrected chi connectivity index (χ4v) is 2.50. The first-order valence-electron chi connectivity index (χ1n) is 7.85. The highest BCUT2D eigenvalue weighted by Gasteiger charge is 2.13. The molecule has 2 nitrogen and oxygen atoms in total. The normalized spacial score (nSPS) is 18.2. The smallest absolute Gasteiger partial charge is 0.0619 e. The van der Waals surface area contributed by atoms with E-state index in [4.69, 9.17) is 4.74 Å². The van der Waals surface area contributed by atoms with Crippen molar-refractivity contribution >= 4 is 12.4 Å². The first-order chi connectivity index (χ1) is 8.93. The van der Waals surface area contributed by atoms with E-state index in [1.165, 1.54) is 70.8 Å². The molecule has 1 aliphatic heterocycles. The third-order valence-electron chi connectivity index (χ3n) is 3.68. The highest BCUT2D eigenvalue weighted by atomic mass is 35.5. The SMILES string of the molecule is C=CCCCCCCCCCOC[C@@H]1CCCN1.Cl. The fourth-order valence-electron chi connectivity index (χ4n) is 2.50. The number of unbranched alkanes of at least 4 members (excludes halogenated alkanes) is 7. The van der Waals surface area contributed by atoms with Crippen LogP contribution < -0.4 is 5.32 Å². The Morgan fingerprint density at radius 3 is 2.37 bits per heavy atom. The summed E-state index contributed by atoms with van der Waals surface area (Å²) in [5.41, 5.74) is 0. The zero-order chi connectivity index (χ0) is 12.9. The van der Waals surface area contributed by atoms with Gasteiger partial charge in [0, 0.05) is 12.6 Å². The van der Waals surface area contributed by atoms with Crippen molar-refractivity contribution in [2.24, 2.45) is 0 Å². The van der Waals surface area contributed by atoms with E-state index in [1.807, 2.05) is 6.08 Å². The van der Waals surface area contributed by atoms with E-state index < -0.39 is 0 Å². The van der Waals surface area contributed by atoms with Gasteiger partial charge in [-0.05, 0) is 38.6 Å². The maximum absolute atomic E-state index is 5.70. The summed E-state index contributed by atoms with van der Waals surface area (Å²) in [5.74, 6) is 0. The third-order valence-corrected chi connectivity index (χ3v) is 3.68. The molecule has 0 amide bonds. The van der Waals surface area contributed by atoms with Gasteiger partial charge in [-0.2, -0.15) is 0 Å². The van der Waals surface area contributed by atoms with Crippen molar-refractivity contribution in [3.8, 4) is 0 Å². The molecule has 1 rings (SSSR count). The Morgan fingerprint density at radius 2 is 1.74 bits per heavy atom. The summed E-state index contributed by atoms with van der Waals surface area (Å²) in [6.45, 7) is 6.80. The second-order valence-electron chi connectivity index (χ2n) is 5.42. The molecule has 0 aromatic heterocycles. The quantitative estimate of drug-likeness (QED) is 0.422. The van der Waals surface area contributed by atoms with Gasteiger partial charge in [0.05, 0.1) is 6.61 Å². The van der Waals surface area contributed by atoms with Gasteiger partial charge in [0.1, 0.15) is 0 Å². The van der Waals surface area contributed by atoms with E-state index in [0.29, 0.717) is 6.04 Å². The van der Waals surface area contributed by atoms with Gasteiger partial charge in [0.25, 0.3) is 0 Å². The number of hydrogen-bond acceptors (Lipinski definition) is 2. The van der Waals surface area contributed by atoms with Crippen LogP contribution in [0.3, 0.4) is 0 Å². The summed E-state index contributed by atoms with van der Waals surface area (Å²) in [4.78, 5) is 0. The van der Waals surface area contributed by atoms with Crippen LogP contribution in [-0.2, 0) is 4.74 Å². The van der Waals surface area contributed by atoms with Crippen LogP contribution in [0.2, 0.25) is 0 Å². The Labute approximate surface area is 125 Å². The van der Waals surface area contributed by atoms with Crippen molar-refractivity contribution in [1.82, 2.24) is 5.32 Å². The molecule has 0 aromatic carbocycles. The van der Waals surface area contributed by atoms with Crippen molar-refractivity contribution in [3.05, 3.63) is 12.7 Å². The van der Waals surface area contributed by atoms with Crippen LogP contribution in [0.1, 0.15) is 64.2 Å². The summed E-state index contributed by atoms with van der Waals surface area (Å²) >= 11 is 0. The van der Waals surface area contributed by atoms with Gasteiger partial charge in [-0.1, -0.05) is 38.2 Å². The zero-order valence-corrected chi connectivity index (χ0v) is 13.2. The number of hydrogen-bond donors (Lipinski definition) is 1. The monoisotopic (exact) mass is 289 g/mol. The molecule has 0 saturated carbocycles. The van der Waals surface area contributed by atoms with Gasteiger partial charge in [-0.25, -0.2) is 0 Å². The Hall–Kier alpha value is -0.0500. The number of rotatable bonds is 12. The number of halogens is 1. The van der Waals surface area contributed by atoms with Gasteiger partial charge in [-0.15, -0.1) is 19.0 Å². The second kappa shape index (κ2) is 14.4. The molecular formula is C16H32ClNO. The zero-order valence-electron chi connectivity index (χ0n) is 12.4. The van der Waals surface area contributed by atoms with Gasteiger partial charge in [0.2, 0.25) is 0 Å². The molecule has 0 radical (unpaired) electrons. The minimum Gasteiger partial charge on any atom is -0.380 e. The number of ether oxygens (including phenoxy) is 1. The van der Waals surface area contributed by atoms with Crippen LogP contribution in [0.15, 0.2) is 12.7 Å². The van der Waals surface area contributed by atoms with E-state index in [-0.39, 0.29) is 12.4 Å². The maximum atomic E-state index is 5.70. The molecular weight excluding hydrogens is 258 g/mol. The molecule has 1 heterocycles. The molecule has 1 saturated heterocycles. The van der Waals surface area contributed by atoms with Gasteiger partial charge < -0.3 is 10.1 Å². The minimum absolute atomic E-state index is 0. The van der Waals surface area contributed by atoms with E-state index in [2.05, 4.69) is 11.9 Å². The molecule has 19 heavy (non-hydrogen) atoms. The number of allylic oxidation sites excluding steroid dienone is 1. The second-order valence-corrected chi connectivity index (χ2v) is 5.42. The highest BCUT2D eigenvalue weighted by Crippen LogP contribution is 2.09. The largest absolute Gasteiger partial charge is 0.380 e. The van der Waals surface area contributed by atoms with Gasteiger partial charge >= 0.3 is 0 Å². The fraction of sp³-hybridized carbons (Fsp3) is 0.875. The lowest BCUT2D eigenvalue weighted by molar-refractivity contribution is 0.112. The summed E-state index contributed by atoms with van der Waals surface area (Å²) in [6.07, 6.45) is 15.2. The molecule has 1 aliphatic rings. The lowest BCUT2D eigenvalue weighted by atomic mass is 10.1. The lowest BCUT2D eigenvalue weighted by Gasteiger charge is -2.10. The molecule has 1 fully saturated rings. The first kappa shape index (κ1) is 18.9. The van der Waals surface area contributed by atoms with Crippen LogP contribution in [0, 0.1) is 0 Å². The van der Waals surface area contributed by atoms with Crippen LogP contribution in [-0.4, -0.2) is 25.8 Å². The first-order valence-corrected chi connectivity index (χ1v) is 7.85. The average Bonchev–Trinajstić information content (AvgIpc) is 2.89. The molecule has 0 bridgehead atoms.